The molecule has 0 unspecified atom stereocenters. The summed E-state index contributed by atoms with van der Waals surface area (Å²) in [6, 6.07) is 11.3. The van der Waals surface area contributed by atoms with Gasteiger partial charge in [-0.3, -0.25) is 0 Å². The molecule has 0 radical (unpaired) electrons. The molecule has 0 spiro atoms. The highest BCUT2D eigenvalue weighted by Crippen LogP contribution is 2.30. The minimum absolute atomic E-state index is 0.321. The first-order chi connectivity index (χ1) is 8.60. The van der Waals surface area contributed by atoms with E-state index in [0.717, 1.165) is 0 Å². The number of rotatable bonds is 2. The zero-order chi connectivity index (χ0) is 13.1. The summed E-state index contributed by atoms with van der Waals surface area (Å²) in [4.78, 5) is 0. The Morgan fingerprint density at radius 2 is 1.89 bits per heavy atom. The fourth-order valence-corrected chi connectivity index (χ4v) is 2.10. The van der Waals surface area contributed by atoms with E-state index in [1.807, 2.05) is 6.07 Å². The summed E-state index contributed by atoms with van der Waals surface area (Å²) in [5.41, 5.74) is 1.84. The predicted octanol–water partition coefficient (Wildman–Crippen LogP) is 4.86. The van der Waals surface area contributed by atoms with Crippen molar-refractivity contribution in [1.29, 1.82) is 5.26 Å². The first kappa shape index (κ1) is 12.9. The topological polar surface area (TPSA) is 35.8 Å². The van der Waals surface area contributed by atoms with Crippen LogP contribution in [0.2, 0.25) is 5.02 Å². The monoisotopic (exact) mass is 324 g/mol. The van der Waals surface area contributed by atoms with E-state index in [0.29, 0.717) is 26.4 Å². The Hall–Kier alpha value is -1.57. The number of nitrogens with one attached hydrogen (secondary N) is 1. The average Bonchev–Trinajstić information content (AvgIpc) is 2.34. The van der Waals surface area contributed by atoms with Gasteiger partial charge in [-0.05, 0) is 52.3 Å². The van der Waals surface area contributed by atoms with Crippen molar-refractivity contribution >= 4 is 38.9 Å². The quantitative estimate of drug-likeness (QED) is 0.856. The van der Waals surface area contributed by atoms with Crippen LogP contribution in [0.5, 0.6) is 0 Å². The molecule has 0 aromatic heterocycles. The van der Waals surface area contributed by atoms with Crippen LogP contribution in [0.3, 0.4) is 0 Å². The van der Waals surface area contributed by atoms with Gasteiger partial charge in [0.05, 0.1) is 28.0 Å². The van der Waals surface area contributed by atoms with E-state index in [1.165, 1.54) is 12.1 Å². The first-order valence-electron chi connectivity index (χ1n) is 5.02. The third kappa shape index (κ3) is 2.81. The second-order valence-electron chi connectivity index (χ2n) is 3.56. The van der Waals surface area contributed by atoms with E-state index in [-0.39, 0.29) is 5.82 Å². The van der Waals surface area contributed by atoms with Crippen molar-refractivity contribution in [2.24, 2.45) is 0 Å². The maximum atomic E-state index is 12.9. The number of nitriles is 1. The molecule has 0 atom stereocenters. The maximum Gasteiger partial charge on any atom is 0.124 e. The number of anilines is 2. The molecule has 0 fully saturated rings. The van der Waals surface area contributed by atoms with Crippen LogP contribution in [-0.4, -0.2) is 0 Å². The van der Waals surface area contributed by atoms with Crippen LogP contribution in [0.25, 0.3) is 0 Å². The highest BCUT2D eigenvalue weighted by Gasteiger charge is 2.05. The molecule has 0 saturated heterocycles. The van der Waals surface area contributed by atoms with Crippen LogP contribution < -0.4 is 5.32 Å². The van der Waals surface area contributed by atoms with E-state index in [4.69, 9.17) is 16.9 Å². The highest BCUT2D eigenvalue weighted by molar-refractivity contribution is 9.10. The minimum Gasteiger partial charge on any atom is -0.353 e. The van der Waals surface area contributed by atoms with Gasteiger partial charge in [-0.25, -0.2) is 4.39 Å². The van der Waals surface area contributed by atoms with Crippen molar-refractivity contribution < 1.29 is 4.39 Å². The zero-order valence-corrected chi connectivity index (χ0v) is 11.4. The van der Waals surface area contributed by atoms with Gasteiger partial charge < -0.3 is 5.32 Å². The predicted molar refractivity (Wildman–Crippen MR) is 73.5 cm³/mol. The van der Waals surface area contributed by atoms with Crippen LogP contribution in [0, 0.1) is 17.1 Å². The van der Waals surface area contributed by atoms with Crippen LogP contribution in [-0.2, 0) is 0 Å². The molecule has 0 bridgehead atoms. The summed E-state index contributed by atoms with van der Waals surface area (Å²) in [7, 11) is 0. The lowest BCUT2D eigenvalue weighted by Gasteiger charge is -2.10. The Kier molecular flexibility index (Phi) is 3.85. The number of hydrogen-bond acceptors (Lipinski definition) is 2. The van der Waals surface area contributed by atoms with Crippen LogP contribution in [0.4, 0.5) is 15.8 Å². The molecule has 0 aliphatic heterocycles. The second-order valence-corrected chi connectivity index (χ2v) is 4.82. The Morgan fingerprint density at radius 3 is 2.50 bits per heavy atom. The Balaban J connectivity index is 2.32. The van der Waals surface area contributed by atoms with Crippen LogP contribution >= 0.6 is 27.5 Å². The number of halogens is 3. The zero-order valence-electron chi connectivity index (χ0n) is 9.05. The van der Waals surface area contributed by atoms with Gasteiger partial charge >= 0.3 is 0 Å². The van der Waals surface area contributed by atoms with Gasteiger partial charge in [0.15, 0.2) is 0 Å². The molecular formula is C13H7BrClFN2. The SMILES string of the molecule is N#Cc1ccc(Nc2ccc(F)cc2Br)c(Cl)c1. The van der Waals surface area contributed by atoms with E-state index in [2.05, 4.69) is 21.2 Å². The average molecular weight is 326 g/mol. The lowest BCUT2D eigenvalue weighted by atomic mass is 10.2. The molecule has 90 valence electrons. The van der Waals surface area contributed by atoms with Crippen molar-refractivity contribution in [1.82, 2.24) is 0 Å². The summed E-state index contributed by atoms with van der Waals surface area (Å²) in [5.74, 6) is -0.321. The van der Waals surface area contributed by atoms with E-state index in [1.54, 1.807) is 24.3 Å². The minimum atomic E-state index is -0.321. The number of hydrogen-bond donors (Lipinski definition) is 1. The molecule has 0 saturated carbocycles. The third-order valence-electron chi connectivity index (χ3n) is 2.30. The van der Waals surface area contributed by atoms with Gasteiger partial charge in [0.1, 0.15) is 5.82 Å². The summed E-state index contributed by atoms with van der Waals surface area (Å²) in [5, 5.41) is 12.2. The lowest BCUT2D eigenvalue weighted by molar-refractivity contribution is 0.627. The standard InChI is InChI=1S/C13H7BrClFN2/c14-10-6-9(16)2-4-12(10)18-13-3-1-8(7-17)5-11(13)15/h1-6,18H. The molecule has 2 aromatic carbocycles. The summed E-state index contributed by atoms with van der Waals surface area (Å²) < 4.78 is 13.5. The molecule has 18 heavy (non-hydrogen) atoms. The Morgan fingerprint density at radius 1 is 1.17 bits per heavy atom. The van der Waals surface area contributed by atoms with Gasteiger partial charge in [-0.1, -0.05) is 11.6 Å². The molecule has 5 heteroatoms. The van der Waals surface area contributed by atoms with Crippen molar-refractivity contribution in [3.63, 3.8) is 0 Å². The van der Waals surface area contributed by atoms with Crippen molar-refractivity contribution in [2.75, 3.05) is 5.32 Å². The van der Waals surface area contributed by atoms with E-state index in [9.17, 15) is 4.39 Å². The van der Waals surface area contributed by atoms with Gasteiger partial charge in [0.2, 0.25) is 0 Å². The van der Waals surface area contributed by atoms with Crippen molar-refractivity contribution in [3.8, 4) is 6.07 Å². The molecule has 1 N–H and O–H groups in total. The number of benzene rings is 2. The highest BCUT2D eigenvalue weighted by atomic mass is 79.9. The Labute approximate surface area is 117 Å². The maximum absolute atomic E-state index is 12.9. The third-order valence-corrected chi connectivity index (χ3v) is 3.27. The normalized spacial score (nSPS) is 9.89. The smallest absolute Gasteiger partial charge is 0.124 e. The molecule has 2 aromatic rings. The van der Waals surface area contributed by atoms with E-state index < -0.39 is 0 Å². The molecule has 2 nitrogen and oxygen atoms in total. The van der Waals surface area contributed by atoms with Gasteiger partial charge in [-0.2, -0.15) is 5.26 Å². The fraction of sp³-hybridized carbons (Fsp3) is 0. The number of nitrogens with zero attached hydrogens (tertiary/aromatic N) is 1. The second kappa shape index (κ2) is 5.38. The fourth-order valence-electron chi connectivity index (χ4n) is 1.42. The van der Waals surface area contributed by atoms with Gasteiger partial charge in [-0.15, -0.1) is 0 Å². The molecule has 0 aliphatic carbocycles. The van der Waals surface area contributed by atoms with Crippen molar-refractivity contribution in [3.05, 3.63) is 57.3 Å². The van der Waals surface area contributed by atoms with Gasteiger partial charge in [0.25, 0.3) is 0 Å². The molecule has 0 amide bonds. The summed E-state index contributed by atoms with van der Waals surface area (Å²) in [6.07, 6.45) is 0. The van der Waals surface area contributed by atoms with Gasteiger partial charge in [0, 0.05) is 4.47 Å². The Bertz CT molecular complexity index is 637. The summed E-state index contributed by atoms with van der Waals surface area (Å²) in [6.45, 7) is 0. The van der Waals surface area contributed by atoms with Crippen LogP contribution in [0.15, 0.2) is 40.9 Å². The molecule has 0 aliphatic rings. The van der Waals surface area contributed by atoms with Crippen LogP contribution in [0.1, 0.15) is 5.56 Å². The lowest BCUT2D eigenvalue weighted by Crippen LogP contribution is -1.93. The largest absolute Gasteiger partial charge is 0.353 e. The molecular weight excluding hydrogens is 319 g/mol. The molecule has 0 heterocycles. The first-order valence-corrected chi connectivity index (χ1v) is 6.19. The summed E-state index contributed by atoms with van der Waals surface area (Å²) >= 11 is 9.30. The van der Waals surface area contributed by atoms with E-state index >= 15 is 0 Å². The van der Waals surface area contributed by atoms with Crippen molar-refractivity contribution in [2.45, 2.75) is 0 Å². The molecule has 2 rings (SSSR count).